The minimum absolute atomic E-state index is 0. The standard InChI is InChI=1S/C11H15O4.Li/c1-9-4-10(14-7-12-2)6-11(5-9)15-8-13-3;/h4-5H,7-8H2,1-3H3;/q-1;+1. The fourth-order valence-corrected chi connectivity index (χ4v) is 1.05. The molecule has 1 rings (SSSR count). The molecule has 0 spiro atoms. The molecule has 0 saturated carbocycles. The van der Waals surface area contributed by atoms with Crippen molar-refractivity contribution >= 4 is 0 Å². The van der Waals surface area contributed by atoms with Gasteiger partial charge >= 0.3 is 18.9 Å². The van der Waals surface area contributed by atoms with E-state index in [-0.39, 0.29) is 32.4 Å². The molecular weight excluding hydrogens is 203 g/mol. The number of hydrogen-bond donors (Lipinski definition) is 0. The summed E-state index contributed by atoms with van der Waals surface area (Å²) in [5, 5.41) is 0. The van der Waals surface area contributed by atoms with Crippen molar-refractivity contribution < 1.29 is 37.8 Å². The molecule has 4 nitrogen and oxygen atoms in total. The summed E-state index contributed by atoms with van der Waals surface area (Å²) < 4.78 is 20.1. The molecule has 0 unspecified atom stereocenters. The SMILES string of the molecule is COCOc1[c-]c(OCOC)cc(C)c1.[Li+]. The first kappa shape index (κ1) is 15.3. The zero-order chi connectivity index (χ0) is 11.1. The number of methoxy groups -OCH3 is 2. The first-order valence-electron chi connectivity index (χ1n) is 4.53. The van der Waals surface area contributed by atoms with Gasteiger partial charge in [0.2, 0.25) is 0 Å². The van der Waals surface area contributed by atoms with Gasteiger partial charge in [0.25, 0.3) is 0 Å². The van der Waals surface area contributed by atoms with Crippen molar-refractivity contribution in [3.05, 3.63) is 23.8 Å². The van der Waals surface area contributed by atoms with Crippen LogP contribution in [0, 0.1) is 13.0 Å². The topological polar surface area (TPSA) is 36.9 Å². The molecule has 0 amide bonds. The zero-order valence-electron chi connectivity index (χ0n) is 10.2. The second-order valence-electron chi connectivity index (χ2n) is 2.99. The number of ether oxygens (including phenoxy) is 4. The Balaban J connectivity index is 0.00000225. The van der Waals surface area contributed by atoms with Gasteiger partial charge in [-0.15, -0.1) is 12.1 Å². The van der Waals surface area contributed by atoms with Crippen molar-refractivity contribution in [1.82, 2.24) is 0 Å². The van der Waals surface area contributed by atoms with Crippen molar-refractivity contribution in [1.29, 1.82) is 0 Å². The maximum atomic E-state index is 5.26. The predicted octanol–water partition coefficient (Wildman–Crippen LogP) is -1.24. The molecule has 0 saturated heterocycles. The Kier molecular flexibility index (Phi) is 8.13. The smallest absolute Gasteiger partial charge is 0.493 e. The summed E-state index contributed by atoms with van der Waals surface area (Å²) in [5.41, 5.74) is 1.03. The normalized spacial score (nSPS) is 9.44. The van der Waals surface area contributed by atoms with Gasteiger partial charge in [-0.25, -0.2) is 0 Å². The molecule has 0 bridgehead atoms. The molecule has 1 aromatic rings. The van der Waals surface area contributed by atoms with E-state index in [0.717, 1.165) is 5.56 Å². The molecule has 16 heavy (non-hydrogen) atoms. The average molecular weight is 218 g/mol. The van der Waals surface area contributed by atoms with Crippen molar-refractivity contribution in [3.8, 4) is 11.5 Å². The summed E-state index contributed by atoms with van der Waals surface area (Å²) in [6.07, 6.45) is 0. The Morgan fingerprint density at radius 3 is 1.81 bits per heavy atom. The van der Waals surface area contributed by atoms with E-state index >= 15 is 0 Å². The van der Waals surface area contributed by atoms with Gasteiger partial charge in [-0.05, 0) is 0 Å². The number of rotatable bonds is 6. The molecule has 1 aromatic carbocycles. The molecule has 84 valence electrons. The summed E-state index contributed by atoms with van der Waals surface area (Å²) in [4.78, 5) is 0. The van der Waals surface area contributed by atoms with E-state index in [2.05, 4.69) is 6.07 Å². The molecule has 0 atom stereocenters. The van der Waals surface area contributed by atoms with Crippen LogP contribution in [0.15, 0.2) is 12.1 Å². The van der Waals surface area contributed by atoms with Crippen LogP contribution in [0.25, 0.3) is 0 Å². The van der Waals surface area contributed by atoms with Crippen LogP contribution in [0.1, 0.15) is 5.56 Å². The molecule has 0 N–H and O–H groups in total. The third-order valence-electron chi connectivity index (χ3n) is 1.63. The largest absolute Gasteiger partial charge is 1.00 e. The van der Waals surface area contributed by atoms with Crippen molar-refractivity contribution in [2.45, 2.75) is 6.92 Å². The van der Waals surface area contributed by atoms with Crippen molar-refractivity contribution in [2.24, 2.45) is 0 Å². The minimum Gasteiger partial charge on any atom is -0.493 e. The van der Waals surface area contributed by atoms with Crippen LogP contribution in [0.5, 0.6) is 11.5 Å². The van der Waals surface area contributed by atoms with Gasteiger partial charge < -0.3 is 18.9 Å². The van der Waals surface area contributed by atoms with Crippen LogP contribution >= 0.6 is 0 Å². The molecule has 0 aliphatic rings. The van der Waals surface area contributed by atoms with Crippen LogP contribution in [0.4, 0.5) is 0 Å². The molecule has 5 heteroatoms. The number of aryl methyl sites for hydroxylation is 1. The molecule has 0 aromatic heterocycles. The van der Waals surface area contributed by atoms with Gasteiger partial charge in [0.15, 0.2) is 13.6 Å². The Morgan fingerprint density at radius 2 is 1.44 bits per heavy atom. The van der Waals surface area contributed by atoms with E-state index in [1.54, 1.807) is 14.2 Å². The van der Waals surface area contributed by atoms with Crippen molar-refractivity contribution in [3.63, 3.8) is 0 Å². The molecule has 0 fully saturated rings. The van der Waals surface area contributed by atoms with Gasteiger partial charge in [0.05, 0.1) is 0 Å². The van der Waals surface area contributed by atoms with Gasteiger partial charge in [-0.2, -0.15) is 5.56 Å². The van der Waals surface area contributed by atoms with Crippen LogP contribution < -0.4 is 28.3 Å². The second-order valence-corrected chi connectivity index (χ2v) is 2.99. The fraction of sp³-hybridized carbons (Fsp3) is 0.455. The van der Waals surface area contributed by atoms with Crippen LogP contribution in [-0.2, 0) is 9.47 Å². The quantitative estimate of drug-likeness (QED) is 0.340. The van der Waals surface area contributed by atoms with E-state index in [9.17, 15) is 0 Å². The maximum Gasteiger partial charge on any atom is 1.00 e. The first-order chi connectivity index (χ1) is 7.26. The van der Waals surface area contributed by atoms with Gasteiger partial charge in [-0.3, -0.25) is 0 Å². The summed E-state index contributed by atoms with van der Waals surface area (Å²) in [6.45, 7) is 2.35. The van der Waals surface area contributed by atoms with E-state index in [4.69, 9.17) is 18.9 Å². The fourth-order valence-electron chi connectivity index (χ4n) is 1.05. The maximum absolute atomic E-state index is 5.26. The third kappa shape index (κ3) is 5.43. The van der Waals surface area contributed by atoms with Gasteiger partial charge in [-0.1, -0.05) is 13.0 Å². The number of hydrogen-bond acceptors (Lipinski definition) is 4. The predicted molar refractivity (Wildman–Crippen MR) is 55.0 cm³/mol. The number of benzene rings is 1. The monoisotopic (exact) mass is 218 g/mol. The average Bonchev–Trinajstić information content (AvgIpc) is 2.23. The van der Waals surface area contributed by atoms with Gasteiger partial charge in [0, 0.05) is 25.7 Å². The summed E-state index contributed by atoms with van der Waals surface area (Å²) in [7, 11) is 3.14. The molecule has 0 aliphatic heterocycles. The zero-order valence-corrected chi connectivity index (χ0v) is 10.2. The summed E-state index contributed by atoms with van der Waals surface area (Å²) >= 11 is 0. The molecule has 0 radical (unpaired) electrons. The summed E-state index contributed by atoms with van der Waals surface area (Å²) in [6, 6.07) is 6.67. The van der Waals surface area contributed by atoms with E-state index in [1.807, 2.05) is 19.1 Å². The van der Waals surface area contributed by atoms with Crippen LogP contribution in [0.2, 0.25) is 0 Å². The van der Waals surface area contributed by atoms with E-state index < -0.39 is 0 Å². The Hall–Kier alpha value is -0.663. The third-order valence-corrected chi connectivity index (χ3v) is 1.63. The summed E-state index contributed by atoms with van der Waals surface area (Å²) in [5.74, 6) is 1.20. The van der Waals surface area contributed by atoms with E-state index in [0.29, 0.717) is 11.5 Å². The Morgan fingerprint density at radius 1 is 1.00 bits per heavy atom. The Labute approximate surface area is 108 Å². The molecular formula is C11H15LiO4. The van der Waals surface area contributed by atoms with Crippen LogP contribution in [0.3, 0.4) is 0 Å². The van der Waals surface area contributed by atoms with Crippen molar-refractivity contribution in [2.75, 3.05) is 27.8 Å². The van der Waals surface area contributed by atoms with Crippen LogP contribution in [-0.4, -0.2) is 27.8 Å². The molecule has 0 aliphatic carbocycles. The Bertz CT molecular complexity index is 278. The molecule has 0 heterocycles. The second kappa shape index (κ2) is 8.48. The van der Waals surface area contributed by atoms with E-state index in [1.165, 1.54) is 0 Å². The van der Waals surface area contributed by atoms with Gasteiger partial charge in [0.1, 0.15) is 0 Å². The first-order valence-corrected chi connectivity index (χ1v) is 4.53. The minimum atomic E-state index is 0.